The Labute approximate surface area is 96.6 Å². The Bertz CT molecular complexity index is 347. The van der Waals surface area contributed by atoms with Gasteiger partial charge in [-0.05, 0) is 24.2 Å². The van der Waals surface area contributed by atoms with Crippen molar-refractivity contribution >= 4 is 0 Å². The van der Waals surface area contributed by atoms with E-state index in [4.69, 9.17) is 0 Å². The van der Waals surface area contributed by atoms with Crippen LogP contribution >= 0.6 is 0 Å². The third kappa shape index (κ3) is 4.22. The molecule has 1 N–H and O–H groups in total. The van der Waals surface area contributed by atoms with Crippen molar-refractivity contribution in [1.82, 2.24) is 5.32 Å². The molecular weight excluding hydrogens is 238 g/mol. The molecule has 1 aromatic carbocycles. The fraction of sp³-hybridized carbons (Fsp3) is 0.455. The Hall–Kier alpha value is -1.30. The molecular formula is C11H13F4NO. The van der Waals surface area contributed by atoms with Crippen LogP contribution in [0.1, 0.15) is 12.5 Å². The minimum atomic E-state index is -2.77. The van der Waals surface area contributed by atoms with Crippen LogP contribution in [0.2, 0.25) is 0 Å². The predicted octanol–water partition coefficient (Wildman–Crippen LogP) is 2.72. The van der Waals surface area contributed by atoms with Crippen LogP contribution in [0.25, 0.3) is 0 Å². The minimum absolute atomic E-state index is 0.305. The highest BCUT2D eigenvalue weighted by molar-refractivity contribution is 5.31. The van der Waals surface area contributed by atoms with Crippen LogP contribution in [0.3, 0.4) is 0 Å². The molecule has 0 aromatic heterocycles. The minimum Gasteiger partial charge on any atom is -0.482 e. The highest BCUT2D eigenvalue weighted by Gasteiger charge is 2.14. The van der Waals surface area contributed by atoms with E-state index in [-0.39, 0.29) is 0 Å². The number of halogens is 4. The molecule has 0 heterocycles. The van der Waals surface area contributed by atoms with Crippen LogP contribution in [-0.2, 0) is 6.54 Å². The van der Waals surface area contributed by atoms with Gasteiger partial charge in [0.15, 0.2) is 17.4 Å². The summed E-state index contributed by atoms with van der Waals surface area (Å²) in [6.07, 6.45) is -2.77. The van der Waals surface area contributed by atoms with Gasteiger partial charge < -0.3 is 10.1 Å². The van der Waals surface area contributed by atoms with Crippen LogP contribution in [0, 0.1) is 11.6 Å². The van der Waals surface area contributed by atoms with Crippen LogP contribution in [0.15, 0.2) is 12.1 Å². The first-order valence-electron chi connectivity index (χ1n) is 5.14. The van der Waals surface area contributed by atoms with Crippen molar-refractivity contribution in [2.45, 2.75) is 19.9 Å². The fourth-order valence-corrected chi connectivity index (χ4v) is 1.27. The number of hydrogen-bond donors (Lipinski definition) is 1. The number of ether oxygens (including phenoxy) is 1. The van der Waals surface area contributed by atoms with Crippen molar-refractivity contribution in [2.24, 2.45) is 0 Å². The summed E-state index contributed by atoms with van der Waals surface area (Å²) in [5.74, 6) is -2.71. The highest BCUT2D eigenvalue weighted by atomic mass is 19.3. The van der Waals surface area contributed by atoms with Crippen molar-refractivity contribution in [1.29, 1.82) is 0 Å². The van der Waals surface area contributed by atoms with E-state index in [0.29, 0.717) is 18.7 Å². The molecule has 0 bridgehead atoms. The van der Waals surface area contributed by atoms with Crippen molar-refractivity contribution < 1.29 is 22.3 Å². The van der Waals surface area contributed by atoms with Gasteiger partial charge in [0.1, 0.15) is 6.61 Å². The van der Waals surface area contributed by atoms with Gasteiger partial charge >= 0.3 is 0 Å². The van der Waals surface area contributed by atoms with Gasteiger partial charge in [-0.3, -0.25) is 0 Å². The normalized spacial score (nSPS) is 10.9. The van der Waals surface area contributed by atoms with Crippen LogP contribution in [-0.4, -0.2) is 19.6 Å². The Morgan fingerprint density at radius 3 is 2.29 bits per heavy atom. The molecule has 0 fully saturated rings. The summed E-state index contributed by atoms with van der Waals surface area (Å²) in [5.41, 5.74) is 0.395. The summed E-state index contributed by atoms with van der Waals surface area (Å²) in [6.45, 7) is 1.79. The van der Waals surface area contributed by atoms with Gasteiger partial charge in [-0.15, -0.1) is 0 Å². The fourth-order valence-electron chi connectivity index (χ4n) is 1.27. The Morgan fingerprint density at radius 2 is 1.82 bits per heavy atom. The van der Waals surface area contributed by atoms with E-state index in [1.807, 2.05) is 6.92 Å². The number of hydrogen-bond acceptors (Lipinski definition) is 2. The highest BCUT2D eigenvalue weighted by Crippen LogP contribution is 2.23. The van der Waals surface area contributed by atoms with E-state index >= 15 is 0 Å². The zero-order valence-electron chi connectivity index (χ0n) is 9.27. The third-order valence-electron chi connectivity index (χ3n) is 1.99. The maximum Gasteiger partial charge on any atom is 0.272 e. The first-order valence-corrected chi connectivity index (χ1v) is 5.14. The molecule has 0 aliphatic carbocycles. The van der Waals surface area contributed by atoms with E-state index in [2.05, 4.69) is 10.1 Å². The predicted molar refractivity (Wildman–Crippen MR) is 55.2 cm³/mol. The lowest BCUT2D eigenvalue weighted by Crippen LogP contribution is -2.13. The van der Waals surface area contributed by atoms with Crippen molar-refractivity contribution in [3.05, 3.63) is 29.3 Å². The standard InChI is InChI=1S/C11H13F4NO/c1-2-16-5-7-3-8(12)11(9(13)4-7)17-6-10(14)15/h3-4,10,16H,2,5-6H2,1H3. The molecule has 2 nitrogen and oxygen atoms in total. The summed E-state index contributed by atoms with van der Waals surface area (Å²) in [4.78, 5) is 0. The molecule has 6 heteroatoms. The van der Waals surface area contributed by atoms with Gasteiger partial charge in [0.25, 0.3) is 6.43 Å². The molecule has 0 amide bonds. The molecule has 96 valence electrons. The SMILES string of the molecule is CCNCc1cc(F)c(OCC(F)F)c(F)c1. The maximum absolute atomic E-state index is 13.4. The van der Waals surface area contributed by atoms with Gasteiger partial charge in [-0.2, -0.15) is 0 Å². The summed E-state index contributed by atoms with van der Waals surface area (Å²) in [7, 11) is 0. The van der Waals surface area contributed by atoms with Gasteiger partial charge in [0.2, 0.25) is 0 Å². The zero-order chi connectivity index (χ0) is 12.8. The van der Waals surface area contributed by atoms with Crippen LogP contribution < -0.4 is 10.1 Å². The molecule has 17 heavy (non-hydrogen) atoms. The zero-order valence-corrected chi connectivity index (χ0v) is 9.27. The van der Waals surface area contributed by atoms with Gasteiger partial charge in [0, 0.05) is 6.54 Å². The molecule has 0 aliphatic rings. The average Bonchev–Trinajstić information content (AvgIpc) is 2.24. The first-order chi connectivity index (χ1) is 8.04. The van der Waals surface area contributed by atoms with E-state index in [0.717, 1.165) is 12.1 Å². The number of alkyl halides is 2. The lowest BCUT2D eigenvalue weighted by atomic mass is 10.2. The van der Waals surface area contributed by atoms with E-state index in [9.17, 15) is 17.6 Å². The molecule has 0 saturated heterocycles. The second-order valence-electron chi connectivity index (χ2n) is 3.37. The molecule has 0 atom stereocenters. The lowest BCUT2D eigenvalue weighted by Gasteiger charge is -2.10. The summed E-state index contributed by atoms with van der Waals surface area (Å²) < 4.78 is 54.8. The molecule has 1 aromatic rings. The van der Waals surface area contributed by atoms with Crippen LogP contribution in [0.4, 0.5) is 17.6 Å². The number of nitrogens with one attached hydrogen (secondary N) is 1. The van der Waals surface area contributed by atoms with Crippen molar-refractivity contribution in [2.75, 3.05) is 13.2 Å². The van der Waals surface area contributed by atoms with Gasteiger partial charge in [-0.25, -0.2) is 17.6 Å². The Morgan fingerprint density at radius 1 is 1.24 bits per heavy atom. The number of rotatable bonds is 6. The number of benzene rings is 1. The van der Waals surface area contributed by atoms with Crippen molar-refractivity contribution in [3.63, 3.8) is 0 Å². The van der Waals surface area contributed by atoms with Crippen molar-refractivity contribution in [3.8, 4) is 5.75 Å². The summed E-state index contributed by atoms with van der Waals surface area (Å²) in [5, 5.41) is 2.89. The Balaban J connectivity index is 2.79. The second kappa shape index (κ2) is 6.44. The monoisotopic (exact) mass is 251 g/mol. The topological polar surface area (TPSA) is 21.3 Å². The summed E-state index contributed by atoms with van der Waals surface area (Å²) in [6, 6.07) is 2.12. The maximum atomic E-state index is 13.4. The summed E-state index contributed by atoms with van der Waals surface area (Å²) >= 11 is 0. The van der Waals surface area contributed by atoms with E-state index < -0.39 is 30.4 Å². The molecule has 0 saturated carbocycles. The lowest BCUT2D eigenvalue weighted by molar-refractivity contribution is 0.0777. The second-order valence-corrected chi connectivity index (χ2v) is 3.37. The molecule has 0 aliphatic heterocycles. The average molecular weight is 251 g/mol. The molecule has 1 rings (SSSR count). The van der Waals surface area contributed by atoms with Gasteiger partial charge in [0.05, 0.1) is 0 Å². The third-order valence-corrected chi connectivity index (χ3v) is 1.99. The molecule has 0 unspecified atom stereocenters. The largest absolute Gasteiger partial charge is 0.482 e. The quantitative estimate of drug-likeness (QED) is 0.785. The van der Waals surface area contributed by atoms with Gasteiger partial charge in [-0.1, -0.05) is 6.92 Å². The Kier molecular flexibility index (Phi) is 5.21. The molecule has 0 radical (unpaired) electrons. The first kappa shape index (κ1) is 13.8. The van der Waals surface area contributed by atoms with E-state index in [1.54, 1.807) is 0 Å². The van der Waals surface area contributed by atoms with E-state index in [1.165, 1.54) is 0 Å². The smallest absolute Gasteiger partial charge is 0.272 e. The van der Waals surface area contributed by atoms with Crippen LogP contribution in [0.5, 0.6) is 5.75 Å². The molecule has 0 spiro atoms.